The van der Waals surface area contributed by atoms with Gasteiger partial charge in [-0.15, -0.1) is 0 Å². The lowest BCUT2D eigenvalue weighted by Gasteiger charge is -2.60. The van der Waals surface area contributed by atoms with Crippen LogP contribution in [0, 0.1) is 46.3 Å². The number of aliphatic hydroxyl groups excluding tert-OH is 1. The summed E-state index contributed by atoms with van der Waals surface area (Å²) in [6, 6.07) is 0. The summed E-state index contributed by atoms with van der Waals surface area (Å²) in [5.41, 5.74) is -4.36. The van der Waals surface area contributed by atoms with E-state index in [1.54, 1.807) is 13.8 Å². The Morgan fingerprint density at radius 3 is 2.29 bits per heavy atom. The summed E-state index contributed by atoms with van der Waals surface area (Å²) < 4.78 is 23.7. The molecule has 1 saturated heterocycles. The number of fused-ring (bicyclic) bond motifs is 6. The molecular weight excluding hydrogens is 580 g/mol. The molecule has 0 unspecified atom stereocenters. The Labute approximate surface area is 267 Å². The SMILES string of the molecule is CC(=O)OC[C@](C)(O)[C@@H](C)[C@H](C)[C@@H](OC(C)=O)[C@]1(COC(C)=O)O[C@]12[C@@H](O)C[C@H]1[C@@H]3CC[C@H]4CC(=O)CC[C@]4(C)[C@H]3CC[C@@]12C. The van der Waals surface area contributed by atoms with Crippen molar-refractivity contribution in [2.75, 3.05) is 13.2 Å². The van der Waals surface area contributed by atoms with E-state index in [0.717, 1.165) is 32.1 Å². The number of Topliss-reactive ketones (excluding diaryl/α,β-unsaturated/α-hetero) is 1. The number of hydrogen-bond donors (Lipinski definition) is 2. The van der Waals surface area contributed by atoms with Crippen molar-refractivity contribution in [1.82, 2.24) is 0 Å². The zero-order chi connectivity index (χ0) is 33.3. The summed E-state index contributed by atoms with van der Waals surface area (Å²) in [4.78, 5) is 48.9. The van der Waals surface area contributed by atoms with Gasteiger partial charge in [-0.25, -0.2) is 0 Å². The standard InChI is InChI=1S/C35H54O10/c1-19(20(2)33(8,41)17-42-21(3)36)30(44-23(5)38)34(18-43-22(4)37)35(45-34)29(40)16-28-26-10-9-24-15-25(39)11-13-31(24,6)27(26)12-14-32(28,35)7/h19-20,24,26-30,40-41H,9-18H2,1-8H3/t19-,20-,24-,26+,27-,28-,29-,30+,31-,32-,33-,34-,35-/m0/s1. The molecule has 5 rings (SSSR count). The third-order valence-electron chi connectivity index (χ3n) is 13.7. The van der Waals surface area contributed by atoms with Crippen LogP contribution in [0.15, 0.2) is 0 Å². The van der Waals surface area contributed by atoms with Crippen LogP contribution in [0.5, 0.6) is 0 Å². The second-order valence-electron chi connectivity index (χ2n) is 15.9. The number of epoxide rings is 1. The van der Waals surface area contributed by atoms with E-state index in [4.69, 9.17) is 18.9 Å². The van der Waals surface area contributed by atoms with E-state index in [-0.39, 0.29) is 24.5 Å². The number of hydrogen-bond acceptors (Lipinski definition) is 10. The normalized spacial score (nSPS) is 43.5. The van der Waals surface area contributed by atoms with E-state index in [1.807, 2.05) is 6.92 Å². The number of rotatable bonds is 9. The van der Waals surface area contributed by atoms with Crippen molar-refractivity contribution in [1.29, 1.82) is 0 Å². The first-order valence-electron chi connectivity index (χ1n) is 16.9. The number of ketones is 1. The van der Waals surface area contributed by atoms with E-state index >= 15 is 0 Å². The zero-order valence-corrected chi connectivity index (χ0v) is 28.4. The Morgan fingerprint density at radius 1 is 1.00 bits per heavy atom. The van der Waals surface area contributed by atoms with E-state index in [9.17, 15) is 29.4 Å². The van der Waals surface area contributed by atoms with Crippen LogP contribution in [0.2, 0.25) is 0 Å². The van der Waals surface area contributed by atoms with Gasteiger partial charge >= 0.3 is 17.9 Å². The Hall–Kier alpha value is -2.04. The molecule has 0 aromatic rings. The van der Waals surface area contributed by atoms with Crippen LogP contribution in [0.3, 0.4) is 0 Å². The minimum absolute atomic E-state index is 0.0931. The molecule has 1 spiro atoms. The maximum atomic E-state index is 12.7. The van der Waals surface area contributed by atoms with E-state index < -0.39 is 64.2 Å². The van der Waals surface area contributed by atoms with Crippen LogP contribution in [0.4, 0.5) is 0 Å². The minimum atomic E-state index is -1.47. The first kappa shape index (κ1) is 34.3. The molecule has 10 heteroatoms. The fraction of sp³-hybridized carbons (Fsp3) is 0.886. The molecule has 13 atom stereocenters. The number of carbonyl (C=O) groups excluding carboxylic acids is 4. The molecule has 0 amide bonds. The maximum Gasteiger partial charge on any atom is 0.303 e. The summed E-state index contributed by atoms with van der Waals surface area (Å²) in [5.74, 6) is -0.967. The molecule has 5 fully saturated rings. The summed E-state index contributed by atoms with van der Waals surface area (Å²) in [5, 5.41) is 23.5. The van der Waals surface area contributed by atoms with Gasteiger partial charge in [-0.1, -0.05) is 27.7 Å². The lowest BCUT2D eigenvalue weighted by atomic mass is 9.44. The predicted octanol–water partition coefficient (Wildman–Crippen LogP) is 4.16. The van der Waals surface area contributed by atoms with Gasteiger partial charge in [0.05, 0.1) is 11.7 Å². The van der Waals surface area contributed by atoms with Gasteiger partial charge in [-0.3, -0.25) is 19.2 Å². The van der Waals surface area contributed by atoms with E-state index in [0.29, 0.717) is 42.8 Å². The molecule has 254 valence electrons. The van der Waals surface area contributed by atoms with Crippen LogP contribution < -0.4 is 0 Å². The van der Waals surface area contributed by atoms with Crippen LogP contribution in [0.25, 0.3) is 0 Å². The van der Waals surface area contributed by atoms with Gasteiger partial charge in [0.25, 0.3) is 0 Å². The average molecular weight is 635 g/mol. The first-order valence-corrected chi connectivity index (χ1v) is 16.9. The number of esters is 3. The molecule has 0 aromatic carbocycles. The van der Waals surface area contributed by atoms with Crippen molar-refractivity contribution in [2.45, 2.75) is 136 Å². The smallest absolute Gasteiger partial charge is 0.303 e. The Kier molecular flexibility index (Phi) is 8.83. The summed E-state index contributed by atoms with van der Waals surface area (Å²) in [6.07, 6.45) is 4.62. The molecule has 4 aliphatic carbocycles. The van der Waals surface area contributed by atoms with Crippen molar-refractivity contribution in [3.63, 3.8) is 0 Å². The third kappa shape index (κ3) is 5.25. The van der Waals surface area contributed by atoms with Crippen LogP contribution in [-0.2, 0) is 38.1 Å². The highest BCUT2D eigenvalue weighted by Gasteiger charge is 2.88. The highest BCUT2D eigenvalue weighted by Crippen LogP contribution is 2.77. The third-order valence-corrected chi connectivity index (χ3v) is 13.7. The Bertz CT molecular complexity index is 1210. The second kappa shape index (κ2) is 11.6. The fourth-order valence-corrected chi connectivity index (χ4v) is 11.0. The highest BCUT2D eigenvalue weighted by atomic mass is 16.7. The lowest BCUT2D eigenvalue weighted by Crippen LogP contribution is -2.59. The van der Waals surface area contributed by atoms with Crippen molar-refractivity contribution in [3.8, 4) is 0 Å². The van der Waals surface area contributed by atoms with Crippen molar-refractivity contribution in [3.05, 3.63) is 0 Å². The summed E-state index contributed by atoms with van der Waals surface area (Å²) in [6.45, 7) is 13.2. The van der Waals surface area contributed by atoms with Gasteiger partial charge in [-0.05, 0) is 80.5 Å². The number of ether oxygens (including phenoxy) is 4. The molecule has 2 N–H and O–H groups in total. The zero-order valence-electron chi connectivity index (χ0n) is 28.4. The molecule has 0 aromatic heterocycles. The van der Waals surface area contributed by atoms with Crippen LogP contribution in [0.1, 0.15) is 107 Å². The quantitative estimate of drug-likeness (QED) is 0.215. The lowest BCUT2D eigenvalue weighted by molar-refractivity contribution is -0.168. The van der Waals surface area contributed by atoms with Crippen LogP contribution >= 0.6 is 0 Å². The Balaban J connectivity index is 1.52. The van der Waals surface area contributed by atoms with Gasteiger partial charge in [0.1, 0.15) is 30.7 Å². The molecule has 1 aliphatic heterocycles. The molecule has 4 saturated carbocycles. The van der Waals surface area contributed by atoms with E-state index in [2.05, 4.69) is 13.8 Å². The van der Waals surface area contributed by atoms with Crippen molar-refractivity contribution in [2.24, 2.45) is 46.3 Å². The summed E-state index contributed by atoms with van der Waals surface area (Å²) >= 11 is 0. The maximum absolute atomic E-state index is 12.7. The van der Waals surface area contributed by atoms with Gasteiger partial charge in [0.15, 0.2) is 5.60 Å². The molecule has 5 aliphatic rings. The first-order chi connectivity index (χ1) is 20.9. The molecular formula is C35H54O10. The van der Waals surface area contributed by atoms with Gasteiger partial charge in [0, 0.05) is 44.9 Å². The average Bonchev–Trinajstić information content (AvgIpc) is 3.60. The number of aliphatic hydroxyl groups is 2. The largest absolute Gasteiger partial charge is 0.463 e. The molecule has 0 bridgehead atoms. The van der Waals surface area contributed by atoms with Gasteiger partial charge in [-0.2, -0.15) is 0 Å². The molecule has 10 nitrogen and oxygen atoms in total. The number of carbonyl (C=O) groups is 4. The molecule has 1 heterocycles. The van der Waals surface area contributed by atoms with Crippen LogP contribution in [-0.4, -0.2) is 76.1 Å². The van der Waals surface area contributed by atoms with Crippen molar-refractivity contribution < 1.29 is 48.3 Å². The van der Waals surface area contributed by atoms with Crippen molar-refractivity contribution >= 4 is 23.7 Å². The molecule has 45 heavy (non-hydrogen) atoms. The fourth-order valence-electron chi connectivity index (χ4n) is 11.0. The topological polar surface area (TPSA) is 149 Å². The highest BCUT2D eigenvalue weighted by molar-refractivity contribution is 5.79. The Morgan fingerprint density at radius 2 is 1.67 bits per heavy atom. The van der Waals surface area contributed by atoms with Gasteiger partial charge in [0.2, 0.25) is 0 Å². The van der Waals surface area contributed by atoms with E-state index in [1.165, 1.54) is 20.8 Å². The molecule has 0 radical (unpaired) electrons. The minimum Gasteiger partial charge on any atom is -0.463 e. The monoisotopic (exact) mass is 634 g/mol. The summed E-state index contributed by atoms with van der Waals surface area (Å²) in [7, 11) is 0. The predicted molar refractivity (Wildman–Crippen MR) is 162 cm³/mol. The van der Waals surface area contributed by atoms with Gasteiger partial charge < -0.3 is 29.2 Å². The second-order valence-corrected chi connectivity index (χ2v) is 15.9.